The van der Waals surface area contributed by atoms with Gasteiger partial charge in [-0.1, -0.05) is 27.7 Å². The number of aryl methyl sites for hydroxylation is 2. The molecule has 0 radical (unpaired) electrons. The highest BCUT2D eigenvalue weighted by Crippen LogP contribution is 2.35. The van der Waals surface area contributed by atoms with Gasteiger partial charge in [-0.05, 0) is 25.8 Å². The van der Waals surface area contributed by atoms with Crippen LogP contribution in [-0.4, -0.2) is 12.0 Å². The molecule has 1 rings (SSSR count). The number of nitrogens with zero attached hydrogens (tertiary/aromatic N) is 1. The van der Waals surface area contributed by atoms with Gasteiger partial charge in [-0.2, -0.15) is 0 Å². The smallest absolute Gasteiger partial charge is 0.111 e. The SMILES string of the molecule is CCc1nc(C(NC)C(C)(C)C)sc1C. The second-order valence-corrected chi connectivity index (χ2v) is 6.23. The first-order valence-corrected chi connectivity index (χ1v) is 6.35. The molecular weight excluding hydrogens is 204 g/mol. The van der Waals surface area contributed by atoms with E-state index in [1.54, 1.807) is 0 Å². The van der Waals surface area contributed by atoms with Gasteiger partial charge in [0.2, 0.25) is 0 Å². The van der Waals surface area contributed by atoms with E-state index in [1.807, 2.05) is 18.4 Å². The highest BCUT2D eigenvalue weighted by Gasteiger charge is 2.27. The summed E-state index contributed by atoms with van der Waals surface area (Å²) in [7, 11) is 2.01. The van der Waals surface area contributed by atoms with Gasteiger partial charge in [0.15, 0.2) is 0 Å². The molecule has 1 aromatic rings. The number of nitrogens with one attached hydrogen (secondary N) is 1. The molecule has 3 heteroatoms. The number of hydrogen-bond donors (Lipinski definition) is 1. The molecule has 1 aromatic heterocycles. The highest BCUT2D eigenvalue weighted by atomic mass is 32.1. The summed E-state index contributed by atoms with van der Waals surface area (Å²) >= 11 is 1.82. The average molecular weight is 226 g/mol. The van der Waals surface area contributed by atoms with E-state index in [0.717, 1.165) is 6.42 Å². The lowest BCUT2D eigenvalue weighted by Crippen LogP contribution is -2.29. The molecule has 1 unspecified atom stereocenters. The molecule has 86 valence electrons. The molecule has 15 heavy (non-hydrogen) atoms. The van der Waals surface area contributed by atoms with E-state index < -0.39 is 0 Å². The van der Waals surface area contributed by atoms with Crippen LogP contribution in [0, 0.1) is 12.3 Å². The van der Waals surface area contributed by atoms with Crippen molar-refractivity contribution in [3.8, 4) is 0 Å². The van der Waals surface area contributed by atoms with Crippen LogP contribution in [0.5, 0.6) is 0 Å². The minimum atomic E-state index is 0.212. The van der Waals surface area contributed by atoms with Crippen molar-refractivity contribution in [2.45, 2.75) is 47.1 Å². The number of rotatable bonds is 3. The first-order valence-electron chi connectivity index (χ1n) is 5.53. The normalized spacial score (nSPS) is 14.3. The monoisotopic (exact) mass is 226 g/mol. The Morgan fingerprint density at radius 2 is 2.00 bits per heavy atom. The zero-order valence-corrected chi connectivity index (χ0v) is 11.5. The molecule has 1 heterocycles. The first kappa shape index (κ1) is 12.7. The molecular formula is C12H22N2S. The molecule has 0 bridgehead atoms. The Bertz CT molecular complexity index is 323. The largest absolute Gasteiger partial charge is 0.311 e. The fraction of sp³-hybridized carbons (Fsp3) is 0.750. The number of aromatic nitrogens is 1. The Morgan fingerprint density at radius 1 is 1.40 bits per heavy atom. The van der Waals surface area contributed by atoms with Crippen LogP contribution in [0.4, 0.5) is 0 Å². The van der Waals surface area contributed by atoms with Crippen LogP contribution in [0.25, 0.3) is 0 Å². The minimum Gasteiger partial charge on any atom is -0.311 e. The van der Waals surface area contributed by atoms with Crippen molar-refractivity contribution < 1.29 is 0 Å². The fourth-order valence-corrected chi connectivity index (χ4v) is 3.20. The maximum atomic E-state index is 4.72. The van der Waals surface area contributed by atoms with Crippen LogP contribution in [-0.2, 0) is 6.42 Å². The van der Waals surface area contributed by atoms with Gasteiger partial charge in [0.05, 0.1) is 11.7 Å². The van der Waals surface area contributed by atoms with Crippen molar-refractivity contribution in [3.05, 3.63) is 15.6 Å². The van der Waals surface area contributed by atoms with Gasteiger partial charge in [-0.3, -0.25) is 0 Å². The predicted molar refractivity (Wildman–Crippen MR) is 67.5 cm³/mol. The van der Waals surface area contributed by atoms with Crippen molar-refractivity contribution in [3.63, 3.8) is 0 Å². The average Bonchev–Trinajstić information content (AvgIpc) is 2.45. The van der Waals surface area contributed by atoms with Crippen LogP contribution in [0.3, 0.4) is 0 Å². The topological polar surface area (TPSA) is 24.9 Å². The van der Waals surface area contributed by atoms with Crippen LogP contribution in [0.15, 0.2) is 0 Å². The van der Waals surface area contributed by atoms with Gasteiger partial charge in [-0.25, -0.2) is 4.98 Å². The lowest BCUT2D eigenvalue weighted by atomic mass is 9.87. The zero-order valence-electron chi connectivity index (χ0n) is 10.6. The molecule has 0 aromatic carbocycles. The van der Waals surface area contributed by atoms with Gasteiger partial charge in [-0.15, -0.1) is 11.3 Å². The number of thiazole rings is 1. The fourth-order valence-electron chi connectivity index (χ4n) is 1.83. The van der Waals surface area contributed by atoms with Crippen LogP contribution in [0.2, 0.25) is 0 Å². The Balaban J connectivity index is 3.03. The van der Waals surface area contributed by atoms with Gasteiger partial charge >= 0.3 is 0 Å². The van der Waals surface area contributed by atoms with E-state index in [0.29, 0.717) is 6.04 Å². The molecule has 0 amide bonds. The molecule has 1 atom stereocenters. The van der Waals surface area contributed by atoms with Crippen molar-refractivity contribution in [2.24, 2.45) is 5.41 Å². The standard InChI is InChI=1S/C12H22N2S/c1-7-9-8(2)15-11(14-9)10(13-6)12(3,4)5/h10,13H,7H2,1-6H3. The molecule has 0 saturated heterocycles. The molecule has 2 nitrogen and oxygen atoms in total. The number of hydrogen-bond acceptors (Lipinski definition) is 3. The second kappa shape index (κ2) is 4.62. The summed E-state index contributed by atoms with van der Waals surface area (Å²) in [5.41, 5.74) is 1.46. The van der Waals surface area contributed by atoms with E-state index in [1.165, 1.54) is 15.6 Å². The van der Waals surface area contributed by atoms with Crippen molar-refractivity contribution in [1.29, 1.82) is 0 Å². The minimum absolute atomic E-state index is 0.212. The summed E-state index contributed by atoms with van der Waals surface area (Å²) in [6.45, 7) is 11.1. The zero-order chi connectivity index (χ0) is 11.6. The molecule has 1 N–H and O–H groups in total. The Labute approximate surface area is 97.1 Å². The molecule has 0 aliphatic heterocycles. The molecule has 0 saturated carbocycles. The van der Waals surface area contributed by atoms with E-state index in [-0.39, 0.29) is 5.41 Å². The Kier molecular flexibility index (Phi) is 3.90. The molecule has 0 spiro atoms. The third-order valence-electron chi connectivity index (χ3n) is 2.65. The Morgan fingerprint density at radius 3 is 2.33 bits per heavy atom. The van der Waals surface area contributed by atoms with E-state index in [4.69, 9.17) is 4.98 Å². The first-order chi connectivity index (χ1) is 6.90. The molecule has 0 aliphatic carbocycles. The maximum absolute atomic E-state index is 4.72. The quantitative estimate of drug-likeness (QED) is 0.855. The summed E-state index contributed by atoms with van der Waals surface area (Å²) in [5.74, 6) is 0. The van der Waals surface area contributed by atoms with Gasteiger partial charge < -0.3 is 5.32 Å². The van der Waals surface area contributed by atoms with Gasteiger partial charge in [0, 0.05) is 4.88 Å². The summed E-state index contributed by atoms with van der Waals surface area (Å²) in [6, 6.07) is 0.349. The third-order valence-corrected chi connectivity index (χ3v) is 3.72. The highest BCUT2D eigenvalue weighted by molar-refractivity contribution is 7.11. The summed E-state index contributed by atoms with van der Waals surface area (Å²) in [5, 5.41) is 4.59. The predicted octanol–water partition coefficient (Wildman–Crippen LogP) is 3.32. The summed E-state index contributed by atoms with van der Waals surface area (Å²) in [6.07, 6.45) is 1.03. The Hall–Kier alpha value is -0.410. The molecule has 0 aliphatic rings. The van der Waals surface area contributed by atoms with Crippen LogP contribution in [0.1, 0.15) is 49.3 Å². The lowest BCUT2D eigenvalue weighted by Gasteiger charge is -2.28. The van der Waals surface area contributed by atoms with E-state index >= 15 is 0 Å². The van der Waals surface area contributed by atoms with E-state index in [9.17, 15) is 0 Å². The molecule has 0 fully saturated rings. The summed E-state index contributed by atoms with van der Waals surface area (Å²) < 4.78 is 0. The van der Waals surface area contributed by atoms with Gasteiger partial charge in [0.1, 0.15) is 5.01 Å². The summed E-state index contributed by atoms with van der Waals surface area (Å²) in [4.78, 5) is 6.08. The van der Waals surface area contributed by atoms with E-state index in [2.05, 4.69) is 39.9 Å². The van der Waals surface area contributed by atoms with Gasteiger partial charge in [0.25, 0.3) is 0 Å². The van der Waals surface area contributed by atoms with Crippen molar-refractivity contribution in [2.75, 3.05) is 7.05 Å². The van der Waals surface area contributed by atoms with Crippen LogP contribution < -0.4 is 5.32 Å². The van der Waals surface area contributed by atoms with Crippen molar-refractivity contribution >= 4 is 11.3 Å². The maximum Gasteiger partial charge on any atom is 0.111 e. The van der Waals surface area contributed by atoms with Crippen LogP contribution >= 0.6 is 11.3 Å². The third kappa shape index (κ3) is 2.79. The van der Waals surface area contributed by atoms with Crippen molar-refractivity contribution in [1.82, 2.24) is 10.3 Å². The lowest BCUT2D eigenvalue weighted by molar-refractivity contribution is 0.286. The second-order valence-electron chi connectivity index (χ2n) is 5.00.